The van der Waals surface area contributed by atoms with Gasteiger partial charge < -0.3 is 5.32 Å². The molecule has 2 N–H and O–H groups in total. The Hall–Kier alpha value is -2.37. The van der Waals surface area contributed by atoms with Crippen molar-refractivity contribution in [3.8, 4) is 6.07 Å². The Kier molecular flexibility index (Phi) is 5.36. The first-order valence-electron chi connectivity index (χ1n) is 6.44. The topological polar surface area (TPSA) is 99.1 Å². The zero-order valence-corrected chi connectivity index (χ0v) is 14.2. The molecule has 0 aliphatic carbocycles. The number of carbonyl (C=O) groups is 1. The van der Waals surface area contributed by atoms with Gasteiger partial charge in [-0.15, -0.1) is 0 Å². The standard InChI is InChI=1S/C15H12BrN3O3S/c16-9-15(20)18-12-6-7-14(11(8-12)10-17)19-23(21,22)13-4-2-1-3-5-13/h1-8,19H,9H2,(H,18,20). The second kappa shape index (κ2) is 7.26. The molecule has 23 heavy (non-hydrogen) atoms. The highest BCUT2D eigenvalue weighted by Crippen LogP contribution is 2.23. The summed E-state index contributed by atoms with van der Waals surface area (Å²) >= 11 is 3.02. The molecule has 0 atom stereocenters. The summed E-state index contributed by atoms with van der Waals surface area (Å²) < 4.78 is 26.9. The second-order valence-corrected chi connectivity index (χ2v) is 6.72. The largest absolute Gasteiger partial charge is 0.325 e. The summed E-state index contributed by atoms with van der Waals surface area (Å²) in [5.74, 6) is -0.272. The van der Waals surface area contributed by atoms with Crippen LogP contribution in [0, 0.1) is 11.3 Å². The summed E-state index contributed by atoms with van der Waals surface area (Å²) in [6.45, 7) is 0. The predicted molar refractivity (Wildman–Crippen MR) is 90.8 cm³/mol. The minimum absolute atomic E-state index is 0.0977. The lowest BCUT2D eigenvalue weighted by molar-refractivity contribution is -0.113. The normalized spacial score (nSPS) is 10.6. The first kappa shape index (κ1) is 17.0. The minimum atomic E-state index is -3.78. The molecule has 0 radical (unpaired) electrons. The second-order valence-electron chi connectivity index (χ2n) is 4.47. The van der Waals surface area contributed by atoms with Crippen LogP contribution in [0.5, 0.6) is 0 Å². The van der Waals surface area contributed by atoms with Crippen LogP contribution < -0.4 is 10.0 Å². The molecule has 0 saturated heterocycles. The van der Waals surface area contributed by atoms with Crippen LogP contribution in [0.3, 0.4) is 0 Å². The summed E-state index contributed by atoms with van der Waals surface area (Å²) in [6, 6.07) is 14.1. The van der Waals surface area contributed by atoms with Gasteiger partial charge in [-0.3, -0.25) is 9.52 Å². The SMILES string of the molecule is N#Cc1cc(NC(=O)CBr)ccc1NS(=O)(=O)c1ccccc1. The van der Waals surface area contributed by atoms with Crippen LogP contribution in [0.2, 0.25) is 0 Å². The summed E-state index contributed by atoms with van der Waals surface area (Å²) in [7, 11) is -3.78. The van der Waals surface area contributed by atoms with E-state index >= 15 is 0 Å². The Bertz CT molecular complexity index is 861. The molecule has 0 spiro atoms. The average Bonchev–Trinajstić information content (AvgIpc) is 2.56. The van der Waals surface area contributed by atoms with E-state index in [-0.39, 0.29) is 27.4 Å². The number of benzene rings is 2. The number of nitrogens with zero attached hydrogens (tertiary/aromatic N) is 1. The van der Waals surface area contributed by atoms with Crippen LogP contribution in [-0.2, 0) is 14.8 Å². The van der Waals surface area contributed by atoms with E-state index in [0.29, 0.717) is 5.69 Å². The zero-order chi connectivity index (χ0) is 16.9. The Morgan fingerprint density at radius 2 is 1.87 bits per heavy atom. The maximum atomic E-state index is 12.3. The van der Waals surface area contributed by atoms with Gasteiger partial charge in [0, 0.05) is 5.69 Å². The number of nitriles is 1. The number of hydrogen-bond donors (Lipinski definition) is 2. The highest BCUT2D eigenvalue weighted by molar-refractivity contribution is 9.09. The van der Waals surface area contributed by atoms with Crippen LogP contribution in [0.25, 0.3) is 0 Å². The third kappa shape index (κ3) is 4.31. The first-order chi connectivity index (χ1) is 11.0. The monoisotopic (exact) mass is 393 g/mol. The number of amides is 1. The number of hydrogen-bond acceptors (Lipinski definition) is 4. The Morgan fingerprint density at radius 3 is 2.48 bits per heavy atom. The van der Waals surface area contributed by atoms with E-state index in [9.17, 15) is 18.5 Å². The molecule has 0 aliphatic heterocycles. The van der Waals surface area contributed by atoms with Crippen molar-refractivity contribution in [3.05, 3.63) is 54.1 Å². The van der Waals surface area contributed by atoms with Gasteiger partial charge in [-0.05, 0) is 30.3 Å². The highest BCUT2D eigenvalue weighted by Gasteiger charge is 2.16. The number of sulfonamides is 1. The fourth-order valence-corrected chi connectivity index (χ4v) is 3.04. The number of anilines is 2. The molecule has 0 heterocycles. The quantitative estimate of drug-likeness (QED) is 0.762. The van der Waals surface area contributed by atoms with Crippen LogP contribution in [0.15, 0.2) is 53.4 Å². The van der Waals surface area contributed by atoms with E-state index in [2.05, 4.69) is 26.0 Å². The number of carbonyl (C=O) groups excluding carboxylic acids is 1. The van der Waals surface area contributed by atoms with Crippen molar-refractivity contribution in [3.63, 3.8) is 0 Å². The summed E-state index contributed by atoms with van der Waals surface area (Å²) in [6.07, 6.45) is 0. The fraction of sp³-hybridized carbons (Fsp3) is 0.0667. The van der Waals surface area contributed by atoms with Crippen molar-refractivity contribution in [2.45, 2.75) is 4.90 Å². The van der Waals surface area contributed by atoms with Crippen molar-refractivity contribution in [1.29, 1.82) is 5.26 Å². The molecule has 118 valence electrons. The van der Waals surface area contributed by atoms with Crippen LogP contribution in [-0.4, -0.2) is 19.7 Å². The van der Waals surface area contributed by atoms with Crippen molar-refractivity contribution in [2.75, 3.05) is 15.4 Å². The third-order valence-corrected chi connectivity index (χ3v) is 4.73. The molecule has 2 aromatic carbocycles. The molecular weight excluding hydrogens is 382 g/mol. The van der Waals surface area contributed by atoms with Gasteiger partial charge in [0.1, 0.15) is 6.07 Å². The minimum Gasteiger partial charge on any atom is -0.325 e. The lowest BCUT2D eigenvalue weighted by Gasteiger charge is -2.11. The van der Waals surface area contributed by atoms with Crippen LogP contribution in [0.4, 0.5) is 11.4 Å². The molecule has 0 fully saturated rings. The van der Waals surface area contributed by atoms with Crippen molar-refractivity contribution in [1.82, 2.24) is 0 Å². The molecule has 2 aromatic rings. The molecule has 0 saturated carbocycles. The van der Waals surface area contributed by atoms with Gasteiger partial charge in [-0.1, -0.05) is 34.1 Å². The molecule has 0 aliphatic rings. The molecular formula is C15H12BrN3O3S. The lowest BCUT2D eigenvalue weighted by Crippen LogP contribution is -2.15. The van der Waals surface area contributed by atoms with Crippen LogP contribution in [0.1, 0.15) is 5.56 Å². The predicted octanol–water partition coefficient (Wildman–Crippen LogP) is 2.69. The molecule has 6 nitrogen and oxygen atoms in total. The molecule has 2 rings (SSSR count). The maximum Gasteiger partial charge on any atom is 0.261 e. The molecule has 8 heteroatoms. The van der Waals surface area contributed by atoms with Gasteiger partial charge in [0.05, 0.1) is 21.5 Å². The van der Waals surface area contributed by atoms with Crippen molar-refractivity contribution >= 4 is 43.2 Å². The van der Waals surface area contributed by atoms with Gasteiger partial charge in [0.15, 0.2) is 0 Å². The van der Waals surface area contributed by atoms with Gasteiger partial charge in [0.25, 0.3) is 10.0 Å². The number of nitrogens with one attached hydrogen (secondary N) is 2. The van der Waals surface area contributed by atoms with Crippen molar-refractivity contribution < 1.29 is 13.2 Å². The van der Waals surface area contributed by atoms with Gasteiger partial charge in [-0.2, -0.15) is 5.26 Å². The Morgan fingerprint density at radius 1 is 1.17 bits per heavy atom. The van der Waals surface area contributed by atoms with E-state index in [0.717, 1.165) is 0 Å². The number of rotatable bonds is 5. The summed E-state index contributed by atoms with van der Waals surface area (Å²) in [5.41, 5.74) is 0.665. The highest BCUT2D eigenvalue weighted by atomic mass is 79.9. The van der Waals surface area contributed by atoms with Crippen molar-refractivity contribution in [2.24, 2.45) is 0 Å². The van der Waals surface area contributed by atoms with E-state index < -0.39 is 10.0 Å². The molecule has 0 bridgehead atoms. The zero-order valence-electron chi connectivity index (χ0n) is 11.8. The average molecular weight is 394 g/mol. The van der Waals surface area contributed by atoms with E-state index in [1.165, 1.54) is 30.3 Å². The van der Waals surface area contributed by atoms with E-state index in [1.54, 1.807) is 18.2 Å². The number of alkyl halides is 1. The maximum absolute atomic E-state index is 12.3. The molecule has 0 unspecified atom stereocenters. The van der Waals surface area contributed by atoms with E-state index in [4.69, 9.17) is 0 Å². The summed E-state index contributed by atoms with van der Waals surface area (Å²) in [5, 5.41) is 11.9. The van der Waals surface area contributed by atoms with Gasteiger partial charge in [0.2, 0.25) is 5.91 Å². The fourth-order valence-electron chi connectivity index (χ4n) is 1.80. The Balaban J connectivity index is 2.30. The molecule has 1 amide bonds. The Labute approximate surface area is 142 Å². The molecule has 0 aromatic heterocycles. The smallest absolute Gasteiger partial charge is 0.261 e. The summed E-state index contributed by atoms with van der Waals surface area (Å²) in [4.78, 5) is 11.4. The van der Waals surface area contributed by atoms with Gasteiger partial charge in [-0.25, -0.2) is 8.42 Å². The third-order valence-electron chi connectivity index (χ3n) is 2.84. The van der Waals surface area contributed by atoms with E-state index in [1.807, 2.05) is 6.07 Å². The van der Waals surface area contributed by atoms with Gasteiger partial charge >= 0.3 is 0 Å². The number of halogens is 1. The first-order valence-corrected chi connectivity index (χ1v) is 9.04. The van der Waals surface area contributed by atoms with Crippen LogP contribution >= 0.6 is 15.9 Å². The lowest BCUT2D eigenvalue weighted by atomic mass is 10.2.